The number of hydrogen-bond acceptors (Lipinski definition) is 2. The summed E-state index contributed by atoms with van der Waals surface area (Å²) in [6.45, 7) is 4.59. The van der Waals surface area contributed by atoms with E-state index in [1.807, 2.05) is 25.1 Å². The molecule has 122 valence electrons. The Morgan fingerprint density at radius 2 is 1.82 bits per heavy atom. The van der Waals surface area contributed by atoms with Crippen LogP contribution in [0.15, 0.2) is 30.3 Å². The van der Waals surface area contributed by atoms with Crippen LogP contribution in [0.5, 0.6) is 0 Å². The van der Waals surface area contributed by atoms with Crippen molar-refractivity contribution in [3.63, 3.8) is 0 Å². The van der Waals surface area contributed by atoms with Gasteiger partial charge in [-0.25, -0.2) is 0 Å². The number of amides is 2. The largest absolute Gasteiger partial charge is 0.354 e. The molecule has 4 heteroatoms. The molecule has 0 saturated carbocycles. The Bertz CT molecular complexity index is 446. The maximum absolute atomic E-state index is 11.8. The molecule has 0 fully saturated rings. The van der Waals surface area contributed by atoms with E-state index in [1.165, 1.54) is 19.3 Å². The summed E-state index contributed by atoms with van der Waals surface area (Å²) in [5, 5.41) is 5.74. The first kappa shape index (κ1) is 18.2. The van der Waals surface area contributed by atoms with Gasteiger partial charge >= 0.3 is 0 Å². The summed E-state index contributed by atoms with van der Waals surface area (Å²) in [5.74, 6) is -0.141. The Hall–Kier alpha value is -1.84. The molecule has 2 amide bonds. The highest BCUT2D eigenvalue weighted by molar-refractivity contribution is 5.94. The molecule has 22 heavy (non-hydrogen) atoms. The molecule has 1 atom stereocenters. The first-order valence-corrected chi connectivity index (χ1v) is 8.26. The van der Waals surface area contributed by atoms with Crippen molar-refractivity contribution < 1.29 is 9.59 Å². The number of carbonyl (C=O) groups excluding carboxylic acids is 2. The van der Waals surface area contributed by atoms with Gasteiger partial charge in [0.1, 0.15) is 0 Å². The second-order valence-corrected chi connectivity index (χ2v) is 5.69. The average Bonchev–Trinajstić information content (AvgIpc) is 2.52. The number of hydrogen-bond donors (Lipinski definition) is 2. The monoisotopic (exact) mass is 304 g/mol. The molecule has 0 spiro atoms. The minimum absolute atomic E-state index is 0.00338. The van der Waals surface area contributed by atoms with Crippen molar-refractivity contribution in [3.8, 4) is 0 Å². The van der Waals surface area contributed by atoms with Gasteiger partial charge in [0.25, 0.3) is 5.91 Å². The first-order valence-electron chi connectivity index (χ1n) is 8.26. The second-order valence-electron chi connectivity index (χ2n) is 5.69. The van der Waals surface area contributed by atoms with E-state index < -0.39 is 0 Å². The van der Waals surface area contributed by atoms with Gasteiger partial charge in [-0.2, -0.15) is 0 Å². The molecule has 2 N–H and O–H groups in total. The predicted molar refractivity (Wildman–Crippen MR) is 89.8 cm³/mol. The van der Waals surface area contributed by atoms with Crippen molar-refractivity contribution in [2.45, 2.75) is 58.4 Å². The molecule has 1 rings (SSSR count). The summed E-state index contributed by atoms with van der Waals surface area (Å²) in [4.78, 5) is 23.6. The molecular weight excluding hydrogens is 276 g/mol. The van der Waals surface area contributed by atoms with Crippen molar-refractivity contribution in [2.24, 2.45) is 0 Å². The molecule has 1 aromatic carbocycles. The molecular formula is C18H28N2O2. The zero-order chi connectivity index (χ0) is 16.2. The summed E-state index contributed by atoms with van der Waals surface area (Å²) >= 11 is 0. The smallest absolute Gasteiger partial charge is 0.251 e. The van der Waals surface area contributed by atoms with Gasteiger partial charge in [0.05, 0.1) is 0 Å². The third-order valence-electron chi connectivity index (χ3n) is 3.57. The highest BCUT2D eigenvalue weighted by atomic mass is 16.2. The Balaban J connectivity index is 2.14. The molecule has 0 aliphatic rings. The van der Waals surface area contributed by atoms with Crippen molar-refractivity contribution >= 4 is 11.8 Å². The van der Waals surface area contributed by atoms with E-state index in [9.17, 15) is 9.59 Å². The fraction of sp³-hybridized carbons (Fsp3) is 0.556. The highest BCUT2D eigenvalue weighted by Crippen LogP contribution is 2.05. The quantitative estimate of drug-likeness (QED) is 0.652. The molecule has 0 aliphatic carbocycles. The maximum atomic E-state index is 11.8. The third kappa shape index (κ3) is 7.81. The fourth-order valence-corrected chi connectivity index (χ4v) is 2.28. The molecule has 0 bridgehead atoms. The lowest BCUT2D eigenvalue weighted by atomic mass is 10.1. The van der Waals surface area contributed by atoms with Crippen molar-refractivity contribution in [3.05, 3.63) is 35.9 Å². The molecule has 1 aromatic rings. The summed E-state index contributed by atoms with van der Waals surface area (Å²) in [5.41, 5.74) is 0.618. The lowest BCUT2D eigenvalue weighted by Gasteiger charge is -2.14. The van der Waals surface area contributed by atoms with Gasteiger partial charge in [-0.1, -0.05) is 50.8 Å². The summed E-state index contributed by atoms with van der Waals surface area (Å²) in [6, 6.07) is 9.23. The average molecular weight is 304 g/mol. The van der Waals surface area contributed by atoms with Crippen LogP contribution in [0.25, 0.3) is 0 Å². The van der Waals surface area contributed by atoms with Gasteiger partial charge in [-0.3, -0.25) is 9.59 Å². The van der Waals surface area contributed by atoms with Crippen LogP contribution in [0, 0.1) is 0 Å². The summed E-state index contributed by atoms with van der Waals surface area (Å²) < 4.78 is 0. The van der Waals surface area contributed by atoms with Crippen LogP contribution in [0.2, 0.25) is 0 Å². The van der Waals surface area contributed by atoms with E-state index in [1.54, 1.807) is 12.1 Å². The summed E-state index contributed by atoms with van der Waals surface area (Å²) in [7, 11) is 0. The Kier molecular flexibility index (Phi) is 8.96. The number of rotatable bonds is 10. The van der Waals surface area contributed by atoms with Crippen molar-refractivity contribution in [1.29, 1.82) is 0 Å². The van der Waals surface area contributed by atoms with Gasteiger partial charge in [-0.05, 0) is 25.5 Å². The second kappa shape index (κ2) is 10.8. The highest BCUT2D eigenvalue weighted by Gasteiger charge is 2.08. The van der Waals surface area contributed by atoms with Crippen LogP contribution in [0.1, 0.15) is 62.7 Å². The summed E-state index contributed by atoms with van der Waals surface area (Å²) in [6.07, 6.45) is 6.19. The van der Waals surface area contributed by atoms with E-state index in [4.69, 9.17) is 0 Å². The van der Waals surface area contributed by atoms with Crippen LogP contribution in [0.4, 0.5) is 0 Å². The number of carbonyl (C=O) groups is 2. The number of unbranched alkanes of at least 4 members (excludes halogenated alkanes) is 3. The molecule has 0 heterocycles. The minimum atomic E-state index is -0.138. The van der Waals surface area contributed by atoms with E-state index >= 15 is 0 Å². The van der Waals surface area contributed by atoms with Crippen LogP contribution >= 0.6 is 0 Å². The third-order valence-corrected chi connectivity index (χ3v) is 3.57. The van der Waals surface area contributed by atoms with Gasteiger partial charge in [-0.15, -0.1) is 0 Å². The predicted octanol–water partition coefficient (Wildman–Crippen LogP) is 3.28. The van der Waals surface area contributed by atoms with Gasteiger partial charge in [0.2, 0.25) is 5.91 Å². The molecule has 0 radical (unpaired) electrons. The minimum Gasteiger partial charge on any atom is -0.354 e. The van der Waals surface area contributed by atoms with Crippen LogP contribution < -0.4 is 10.6 Å². The fourth-order valence-electron chi connectivity index (χ4n) is 2.28. The zero-order valence-corrected chi connectivity index (χ0v) is 13.7. The lowest BCUT2D eigenvalue weighted by Crippen LogP contribution is -2.35. The van der Waals surface area contributed by atoms with Crippen LogP contribution in [-0.4, -0.2) is 24.4 Å². The van der Waals surface area contributed by atoms with Crippen LogP contribution in [0.3, 0.4) is 0 Å². The molecule has 4 nitrogen and oxygen atoms in total. The SMILES string of the molecule is CCCCCCC(C)NC(=O)CCNC(=O)c1ccccc1. The molecule has 1 unspecified atom stereocenters. The van der Waals surface area contributed by atoms with Gasteiger partial charge in [0, 0.05) is 24.6 Å². The van der Waals surface area contributed by atoms with Crippen molar-refractivity contribution in [2.75, 3.05) is 6.54 Å². The topological polar surface area (TPSA) is 58.2 Å². The molecule has 0 aliphatic heterocycles. The maximum Gasteiger partial charge on any atom is 0.251 e. The van der Waals surface area contributed by atoms with E-state index in [-0.39, 0.29) is 17.9 Å². The van der Waals surface area contributed by atoms with Crippen LogP contribution in [-0.2, 0) is 4.79 Å². The van der Waals surface area contributed by atoms with Gasteiger partial charge in [0.15, 0.2) is 0 Å². The van der Waals surface area contributed by atoms with E-state index in [2.05, 4.69) is 17.6 Å². The Morgan fingerprint density at radius 3 is 2.50 bits per heavy atom. The molecule has 0 saturated heterocycles. The standard InChI is InChI=1S/C18H28N2O2/c1-3-4-5-7-10-15(2)20-17(21)13-14-19-18(22)16-11-8-6-9-12-16/h6,8-9,11-12,15H,3-5,7,10,13-14H2,1-2H3,(H,19,22)(H,20,21). The number of nitrogens with one attached hydrogen (secondary N) is 2. The Labute approximate surface area is 133 Å². The van der Waals surface area contributed by atoms with Crippen molar-refractivity contribution in [1.82, 2.24) is 10.6 Å². The first-order chi connectivity index (χ1) is 10.6. The van der Waals surface area contributed by atoms with E-state index in [0.29, 0.717) is 18.5 Å². The Morgan fingerprint density at radius 1 is 1.09 bits per heavy atom. The number of benzene rings is 1. The van der Waals surface area contributed by atoms with Gasteiger partial charge < -0.3 is 10.6 Å². The lowest BCUT2D eigenvalue weighted by molar-refractivity contribution is -0.121. The molecule has 0 aromatic heterocycles. The normalized spacial score (nSPS) is 11.7. The van der Waals surface area contributed by atoms with E-state index in [0.717, 1.165) is 12.8 Å². The zero-order valence-electron chi connectivity index (χ0n) is 13.7.